The molecule has 9 heteroatoms. The number of aliphatic hydroxyl groups excluding tert-OH is 1. The molecule has 1 aliphatic heterocycles. The van der Waals surface area contributed by atoms with Gasteiger partial charge < -0.3 is 20.6 Å². The highest BCUT2D eigenvalue weighted by Gasteiger charge is 2.43. The van der Waals surface area contributed by atoms with E-state index in [-0.39, 0.29) is 11.5 Å². The van der Waals surface area contributed by atoms with E-state index < -0.39 is 47.1 Å². The van der Waals surface area contributed by atoms with Crippen LogP contribution in [0.4, 0.5) is 8.78 Å². The van der Waals surface area contributed by atoms with Crippen molar-refractivity contribution in [3.63, 3.8) is 0 Å². The summed E-state index contributed by atoms with van der Waals surface area (Å²) in [6.07, 6.45) is 14.0. The summed E-state index contributed by atoms with van der Waals surface area (Å²) in [5.41, 5.74) is 0.849. The fourth-order valence-electron chi connectivity index (χ4n) is 4.53. The number of rotatable bonds is 5. The van der Waals surface area contributed by atoms with E-state index in [1.165, 1.54) is 11.8 Å². The molecule has 0 bridgehead atoms. The minimum Gasteiger partial charge on any atom is -0.378 e. The molecule has 0 aromatic heterocycles. The van der Waals surface area contributed by atoms with Crippen LogP contribution < -0.4 is 10.6 Å². The van der Waals surface area contributed by atoms with E-state index >= 15 is 0 Å². The Hall–Kier alpha value is -3.85. The predicted molar refractivity (Wildman–Crippen MR) is 124 cm³/mol. The molecule has 4 atom stereocenters. The number of carbonyl (C=O) groups excluding carboxylic acids is 3. The molecule has 0 radical (unpaired) electrons. The van der Waals surface area contributed by atoms with E-state index in [1.54, 1.807) is 13.1 Å². The van der Waals surface area contributed by atoms with Crippen molar-refractivity contribution in [3.8, 4) is 0 Å². The summed E-state index contributed by atoms with van der Waals surface area (Å²) in [6, 6.07) is 0.131. The molecule has 1 heterocycles. The highest BCUT2D eigenvalue weighted by Crippen LogP contribution is 2.48. The maximum atomic E-state index is 13.4. The molecule has 0 saturated heterocycles. The molecule has 1 aromatic rings. The van der Waals surface area contributed by atoms with Crippen LogP contribution in [0.2, 0.25) is 0 Å². The Morgan fingerprint density at radius 3 is 2.57 bits per heavy atom. The number of allylic oxidation sites excluding steroid dienone is 7. The summed E-state index contributed by atoms with van der Waals surface area (Å²) in [6.45, 7) is 1.38. The number of amides is 3. The first kappa shape index (κ1) is 24.3. The van der Waals surface area contributed by atoms with Gasteiger partial charge in [0.05, 0.1) is 5.41 Å². The second-order valence-electron chi connectivity index (χ2n) is 8.71. The smallest absolute Gasteiger partial charge is 0.254 e. The van der Waals surface area contributed by atoms with Crippen molar-refractivity contribution in [2.75, 3.05) is 7.05 Å². The highest BCUT2D eigenvalue weighted by molar-refractivity contribution is 5.95. The number of hydrogen-bond donors (Lipinski definition) is 3. The summed E-state index contributed by atoms with van der Waals surface area (Å²) in [7, 11) is 1.65. The van der Waals surface area contributed by atoms with Crippen molar-refractivity contribution in [2.24, 2.45) is 5.41 Å². The molecule has 1 unspecified atom stereocenters. The Balaban J connectivity index is 1.50. The van der Waals surface area contributed by atoms with Gasteiger partial charge in [-0.25, -0.2) is 8.78 Å². The lowest BCUT2D eigenvalue weighted by molar-refractivity contribution is -0.135. The lowest BCUT2D eigenvalue weighted by atomic mass is 9.70. The molecule has 35 heavy (non-hydrogen) atoms. The van der Waals surface area contributed by atoms with Crippen molar-refractivity contribution in [2.45, 2.75) is 31.5 Å². The van der Waals surface area contributed by atoms with Gasteiger partial charge in [-0.3, -0.25) is 14.4 Å². The Morgan fingerprint density at radius 1 is 1.14 bits per heavy atom. The third-order valence-electron chi connectivity index (χ3n) is 6.37. The minimum absolute atomic E-state index is 0.287. The number of likely N-dealkylation sites (N-methyl/N-ethyl adjacent to an activating group) is 1. The van der Waals surface area contributed by atoms with Crippen molar-refractivity contribution in [1.82, 2.24) is 15.5 Å². The summed E-state index contributed by atoms with van der Waals surface area (Å²) in [5.74, 6) is -3.92. The molecular formula is C26H25F2N3O4. The lowest BCUT2D eigenvalue weighted by Crippen LogP contribution is -2.52. The second kappa shape index (κ2) is 9.42. The molecule has 0 saturated carbocycles. The van der Waals surface area contributed by atoms with Gasteiger partial charge in [0.1, 0.15) is 23.7 Å². The van der Waals surface area contributed by atoms with Crippen molar-refractivity contribution < 1.29 is 28.3 Å². The molecule has 0 fully saturated rings. The van der Waals surface area contributed by atoms with Gasteiger partial charge >= 0.3 is 0 Å². The summed E-state index contributed by atoms with van der Waals surface area (Å²) >= 11 is 0. The first-order chi connectivity index (χ1) is 16.6. The quantitative estimate of drug-likeness (QED) is 0.601. The Kier molecular flexibility index (Phi) is 6.53. The van der Waals surface area contributed by atoms with Crippen LogP contribution in [0.3, 0.4) is 0 Å². The highest BCUT2D eigenvalue weighted by atomic mass is 19.1. The van der Waals surface area contributed by atoms with E-state index in [9.17, 15) is 28.3 Å². The number of halogens is 2. The van der Waals surface area contributed by atoms with Gasteiger partial charge in [-0.05, 0) is 48.8 Å². The molecule has 2 aliphatic carbocycles. The molecule has 3 aliphatic rings. The third kappa shape index (κ3) is 4.59. The van der Waals surface area contributed by atoms with Crippen LogP contribution in [-0.4, -0.2) is 46.9 Å². The van der Waals surface area contributed by atoms with Gasteiger partial charge in [-0.1, -0.05) is 36.5 Å². The first-order valence-electron chi connectivity index (χ1n) is 11.1. The average Bonchev–Trinajstić information content (AvgIpc) is 2.91. The first-order valence-corrected chi connectivity index (χ1v) is 11.1. The molecule has 4 rings (SSSR count). The molecule has 3 amide bonds. The molecular weight excluding hydrogens is 456 g/mol. The van der Waals surface area contributed by atoms with Gasteiger partial charge in [0.25, 0.3) is 11.8 Å². The van der Waals surface area contributed by atoms with Gasteiger partial charge in [0.2, 0.25) is 5.91 Å². The topological polar surface area (TPSA) is 98.7 Å². The van der Waals surface area contributed by atoms with Gasteiger partial charge in [0, 0.05) is 18.8 Å². The minimum atomic E-state index is -1.88. The largest absolute Gasteiger partial charge is 0.378 e. The van der Waals surface area contributed by atoms with Crippen LogP contribution in [0.15, 0.2) is 78.1 Å². The summed E-state index contributed by atoms with van der Waals surface area (Å²) in [4.78, 5) is 40.0. The molecule has 3 N–H and O–H groups in total. The SMILES string of the molecule is C[C@H](NC(=O)[C@@H](O)c1cc(F)cc(F)c1)C(=O)N[C@H]1C=C2C=CC=CC23CC=CC=C3N(C)C1=O. The summed E-state index contributed by atoms with van der Waals surface area (Å²) < 4.78 is 26.9. The van der Waals surface area contributed by atoms with Crippen LogP contribution in [0.5, 0.6) is 0 Å². The standard InChI is InChI=1S/C26H25F2N3O4/c1-15(29-24(34)22(32)16-11-18(27)14-19(28)12-16)23(33)30-20-13-17-7-3-5-9-26(17)10-6-4-8-21(26)31(2)25(20)35/h3-9,11-15,20,22,32H,10H2,1-2H3,(H,29,34)(H,30,33)/t15-,20-,22-,26?/m0/s1. The lowest BCUT2D eigenvalue weighted by Gasteiger charge is -2.39. The van der Waals surface area contributed by atoms with Crippen LogP contribution >= 0.6 is 0 Å². The van der Waals surface area contributed by atoms with Crippen LogP contribution in [0, 0.1) is 17.0 Å². The normalized spacial score (nSPS) is 24.4. The van der Waals surface area contributed by atoms with Crippen LogP contribution in [0.25, 0.3) is 0 Å². The monoisotopic (exact) mass is 481 g/mol. The van der Waals surface area contributed by atoms with E-state index in [0.29, 0.717) is 12.5 Å². The van der Waals surface area contributed by atoms with Gasteiger partial charge in [0.15, 0.2) is 6.10 Å². The number of hydrogen-bond acceptors (Lipinski definition) is 4. The van der Waals surface area contributed by atoms with Crippen LogP contribution in [0.1, 0.15) is 25.0 Å². The number of nitrogens with one attached hydrogen (secondary N) is 2. The maximum Gasteiger partial charge on any atom is 0.254 e. The zero-order valence-electron chi connectivity index (χ0n) is 19.2. The Morgan fingerprint density at radius 2 is 1.86 bits per heavy atom. The number of benzene rings is 1. The summed E-state index contributed by atoms with van der Waals surface area (Å²) in [5, 5.41) is 15.1. The molecule has 7 nitrogen and oxygen atoms in total. The number of carbonyl (C=O) groups is 3. The molecule has 1 aromatic carbocycles. The van der Waals surface area contributed by atoms with Crippen LogP contribution in [-0.2, 0) is 14.4 Å². The van der Waals surface area contributed by atoms with Crippen molar-refractivity contribution >= 4 is 17.7 Å². The second-order valence-corrected chi connectivity index (χ2v) is 8.71. The van der Waals surface area contributed by atoms with Crippen molar-refractivity contribution in [1.29, 1.82) is 0 Å². The molecule has 182 valence electrons. The maximum absolute atomic E-state index is 13.4. The van der Waals surface area contributed by atoms with Crippen molar-refractivity contribution in [3.05, 3.63) is 95.3 Å². The Labute approximate surface area is 201 Å². The fraction of sp³-hybridized carbons (Fsp3) is 0.269. The van der Waals surface area contributed by atoms with E-state index in [4.69, 9.17) is 0 Å². The Bertz CT molecular complexity index is 1210. The van der Waals surface area contributed by atoms with E-state index in [2.05, 4.69) is 10.6 Å². The van der Waals surface area contributed by atoms with Gasteiger partial charge in [-0.15, -0.1) is 0 Å². The van der Waals surface area contributed by atoms with Gasteiger partial charge in [-0.2, -0.15) is 0 Å². The zero-order valence-corrected chi connectivity index (χ0v) is 19.2. The molecule has 1 spiro atoms. The zero-order chi connectivity index (χ0) is 25.3. The number of aliphatic hydroxyl groups is 1. The third-order valence-corrected chi connectivity index (χ3v) is 6.37. The predicted octanol–water partition coefficient (Wildman–Crippen LogP) is 2.34. The van der Waals surface area contributed by atoms with E-state index in [1.807, 2.05) is 42.5 Å². The number of nitrogens with zero attached hydrogens (tertiary/aromatic N) is 1. The fourth-order valence-corrected chi connectivity index (χ4v) is 4.53. The van der Waals surface area contributed by atoms with E-state index in [0.717, 1.165) is 23.4 Å². The average molecular weight is 481 g/mol.